The fraction of sp³-hybridized carbons (Fsp3) is 0.647. The summed E-state index contributed by atoms with van der Waals surface area (Å²) in [5, 5.41) is 9.83. The lowest BCUT2D eigenvalue weighted by Crippen LogP contribution is -2.43. The van der Waals surface area contributed by atoms with E-state index in [1.807, 2.05) is 6.92 Å². The Balaban J connectivity index is 2.16. The highest BCUT2D eigenvalue weighted by atomic mass is 16.4. The van der Waals surface area contributed by atoms with Crippen LogP contribution in [0.5, 0.6) is 0 Å². The number of hydrogen-bond donors (Lipinski definition) is 1. The van der Waals surface area contributed by atoms with Crippen molar-refractivity contribution < 1.29 is 14.7 Å². The molecule has 0 amide bonds. The zero-order valence-corrected chi connectivity index (χ0v) is 12.3. The van der Waals surface area contributed by atoms with Crippen LogP contribution < -0.4 is 0 Å². The summed E-state index contributed by atoms with van der Waals surface area (Å²) in [5.41, 5.74) is 3.92. The summed E-state index contributed by atoms with van der Waals surface area (Å²) in [6, 6.07) is 0. The molecule has 0 aliphatic heterocycles. The second-order valence-electron chi connectivity index (χ2n) is 6.60. The monoisotopic (exact) mass is 274 g/mol. The predicted octanol–water partition coefficient (Wildman–Crippen LogP) is 3.65. The Labute approximate surface area is 119 Å². The smallest absolute Gasteiger partial charge is 0.313 e. The summed E-state index contributed by atoms with van der Waals surface area (Å²) in [4.78, 5) is 23.9. The Morgan fingerprint density at radius 3 is 2.65 bits per heavy atom. The van der Waals surface area contributed by atoms with Gasteiger partial charge in [0.2, 0.25) is 0 Å². The van der Waals surface area contributed by atoms with Gasteiger partial charge in [0.05, 0.1) is 5.41 Å². The van der Waals surface area contributed by atoms with Crippen molar-refractivity contribution in [3.63, 3.8) is 0 Å². The normalized spacial score (nSPS) is 33.9. The molecule has 0 spiro atoms. The van der Waals surface area contributed by atoms with Gasteiger partial charge < -0.3 is 5.11 Å². The Bertz CT molecular complexity index is 553. The Morgan fingerprint density at radius 2 is 1.95 bits per heavy atom. The molecule has 0 radical (unpaired) electrons. The molecule has 0 bridgehead atoms. The molecule has 0 heterocycles. The predicted molar refractivity (Wildman–Crippen MR) is 76.3 cm³/mol. The lowest BCUT2D eigenvalue weighted by Gasteiger charge is -2.47. The van der Waals surface area contributed by atoms with Crippen LogP contribution in [0, 0.1) is 11.3 Å². The van der Waals surface area contributed by atoms with Crippen LogP contribution in [0.25, 0.3) is 0 Å². The quantitative estimate of drug-likeness (QED) is 0.743. The number of rotatable bonds is 1. The van der Waals surface area contributed by atoms with E-state index in [0.29, 0.717) is 12.8 Å². The van der Waals surface area contributed by atoms with Gasteiger partial charge in [-0.25, -0.2) is 0 Å². The van der Waals surface area contributed by atoms with Crippen LogP contribution in [-0.4, -0.2) is 16.9 Å². The van der Waals surface area contributed by atoms with Crippen LogP contribution in [0.2, 0.25) is 0 Å². The second kappa shape index (κ2) is 4.57. The van der Waals surface area contributed by atoms with Crippen LogP contribution in [0.15, 0.2) is 22.3 Å². The van der Waals surface area contributed by atoms with E-state index in [2.05, 4.69) is 6.92 Å². The third-order valence-corrected chi connectivity index (χ3v) is 5.69. The minimum Gasteiger partial charge on any atom is -0.481 e. The molecule has 1 saturated carbocycles. The Hall–Kier alpha value is -1.38. The first-order valence-corrected chi connectivity index (χ1v) is 7.64. The molecule has 3 nitrogen and oxygen atoms in total. The summed E-state index contributed by atoms with van der Waals surface area (Å²) in [6.45, 7) is 4.02. The molecule has 20 heavy (non-hydrogen) atoms. The SMILES string of the molecule is CC1=C2C3CCC(=O)C(C)=C3CCC2(C(=O)O)CCC1. The first-order valence-electron chi connectivity index (χ1n) is 7.64. The molecule has 3 aliphatic carbocycles. The van der Waals surface area contributed by atoms with E-state index in [9.17, 15) is 14.7 Å². The van der Waals surface area contributed by atoms with Gasteiger partial charge in [-0.05, 0) is 63.5 Å². The van der Waals surface area contributed by atoms with Gasteiger partial charge in [0, 0.05) is 12.3 Å². The van der Waals surface area contributed by atoms with Crippen LogP contribution in [0.1, 0.15) is 58.8 Å². The topological polar surface area (TPSA) is 54.4 Å². The third-order valence-electron chi connectivity index (χ3n) is 5.69. The van der Waals surface area contributed by atoms with E-state index >= 15 is 0 Å². The first-order chi connectivity index (χ1) is 9.47. The van der Waals surface area contributed by atoms with Crippen LogP contribution in [0.4, 0.5) is 0 Å². The Kier molecular flexibility index (Phi) is 3.11. The minimum atomic E-state index is -0.653. The largest absolute Gasteiger partial charge is 0.481 e. The second-order valence-corrected chi connectivity index (χ2v) is 6.60. The van der Waals surface area contributed by atoms with Crippen LogP contribution >= 0.6 is 0 Å². The summed E-state index contributed by atoms with van der Waals surface area (Å²) in [7, 11) is 0. The number of carbonyl (C=O) groups excluding carboxylic acids is 1. The molecule has 0 saturated heterocycles. The maximum absolute atomic E-state index is 12.0. The van der Waals surface area contributed by atoms with Gasteiger partial charge in [-0.15, -0.1) is 0 Å². The number of hydrogen-bond acceptors (Lipinski definition) is 2. The molecule has 0 aromatic heterocycles. The number of allylic oxidation sites excluding steroid dienone is 3. The molecule has 3 aliphatic rings. The zero-order chi connectivity index (χ0) is 14.5. The summed E-state index contributed by atoms with van der Waals surface area (Å²) in [5.74, 6) is -0.175. The number of carbonyl (C=O) groups is 2. The zero-order valence-electron chi connectivity index (χ0n) is 12.3. The van der Waals surface area contributed by atoms with Gasteiger partial charge in [-0.1, -0.05) is 11.1 Å². The van der Waals surface area contributed by atoms with Gasteiger partial charge in [-0.3, -0.25) is 9.59 Å². The fourth-order valence-electron chi connectivity index (χ4n) is 4.66. The number of Topliss-reactive ketones (excluding diaryl/α,β-unsaturated/α-hetero) is 1. The highest BCUT2D eigenvalue weighted by Gasteiger charge is 2.51. The number of ketones is 1. The number of aliphatic carboxylic acids is 1. The maximum atomic E-state index is 12.0. The molecule has 2 unspecified atom stereocenters. The average Bonchev–Trinajstić information content (AvgIpc) is 2.42. The Morgan fingerprint density at radius 1 is 1.20 bits per heavy atom. The highest BCUT2D eigenvalue weighted by molar-refractivity contribution is 5.97. The van der Waals surface area contributed by atoms with Crippen molar-refractivity contribution in [2.75, 3.05) is 0 Å². The van der Waals surface area contributed by atoms with Gasteiger partial charge >= 0.3 is 5.97 Å². The standard InChI is InChI=1S/C17H22O3/c1-10-4-3-8-17(16(19)20)9-7-12-11(2)14(18)6-5-13(12)15(10)17/h13H,3-9H2,1-2H3,(H,19,20). The van der Waals surface area contributed by atoms with E-state index in [-0.39, 0.29) is 11.7 Å². The van der Waals surface area contributed by atoms with E-state index in [1.54, 1.807) is 0 Å². The summed E-state index contributed by atoms with van der Waals surface area (Å²) < 4.78 is 0. The van der Waals surface area contributed by atoms with Gasteiger partial charge in [0.25, 0.3) is 0 Å². The van der Waals surface area contributed by atoms with Crippen molar-refractivity contribution in [2.45, 2.75) is 58.8 Å². The lowest BCUT2D eigenvalue weighted by molar-refractivity contribution is -0.148. The van der Waals surface area contributed by atoms with E-state index in [4.69, 9.17) is 0 Å². The van der Waals surface area contributed by atoms with Crippen molar-refractivity contribution in [1.82, 2.24) is 0 Å². The third kappa shape index (κ3) is 1.72. The van der Waals surface area contributed by atoms with Crippen LogP contribution in [-0.2, 0) is 9.59 Å². The van der Waals surface area contributed by atoms with Crippen molar-refractivity contribution in [1.29, 1.82) is 0 Å². The summed E-state index contributed by atoms with van der Waals surface area (Å²) >= 11 is 0. The van der Waals surface area contributed by atoms with E-state index in [1.165, 1.54) is 11.1 Å². The average molecular weight is 274 g/mol. The molecule has 3 rings (SSSR count). The molecule has 3 heteroatoms. The number of carboxylic acid groups (broad SMARTS) is 1. The van der Waals surface area contributed by atoms with Gasteiger partial charge in [0.1, 0.15) is 0 Å². The molecule has 2 atom stereocenters. The minimum absolute atomic E-state index is 0.220. The van der Waals surface area contributed by atoms with Gasteiger partial charge in [0.15, 0.2) is 5.78 Å². The summed E-state index contributed by atoms with van der Waals surface area (Å²) in [6.07, 6.45) is 5.61. The van der Waals surface area contributed by atoms with E-state index < -0.39 is 11.4 Å². The lowest BCUT2D eigenvalue weighted by atomic mass is 9.55. The number of fused-ring (bicyclic) bond motifs is 3. The molecule has 0 aromatic rings. The van der Waals surface area contributed by atoms with Crippen LogP contribution in [0.3, 0.4) is 0 Å². The molecule has 1 fully saturated rings. The van der Waals surface area contributed by atoms with Crippen molar-refractivity contribution in [3.05, 3.63) is 22.3 Å². The van der Waals surface area contributed by atoms with Crippen molar-refractivity contribution in [3.8, 4) is 0 Å². The van der Waals surface area contributed by atoms with Gasteiger partial charge in [-0.2, -0.15) is 0 Å². The first kappa shape index (κ1) is 13.6. The van der Waals surface area contributed by atoms with E-state index in [0.717, 1.165) is 43.3 Å². The number of carboxylic acids is 1. The molecule has 108 valence electrons. The highest BCUT2D eigenvalue weighted by Crippen LogP contribution is 2.56. The molecular weight excluding hydrogens is 252 g/mol. The molecule has 1 N–H and O–H groups in total. The van der Waals surface area contributed by atoms with Crippen molar-refractivity contribution in [2.24, 2.45) is 11.3 Å². The maximum Gasteiger partial charge on any atom is 0.313 e. The fourth-order valence-corrected chi connectivity index (χ4v) is 4.66. The molecule has 0 aromatic carbocycles. The van der Waals surface area contributed by atoms with Crippen molar-refractivity contribution >= 4 is 11.8 Å². The molecular formula is C17H22O3.